The number of rotatable bonds is 0. The second kappa shape index (κ2) is 7.16. The Balaban J connectivity index is -0.0000000750. The third-order valence-electron chi connectivity index (χ3n) is 0. The molecule has 0 aliphatic heterocycles. The summed E-state index contributed by atoms with van der Waals surface area (Å²) in [6, 6.07) is 0. The Morgan fingerprint density at radius 2 is 1.12 bits per heavy atom. The molecule has 0 aliphatic carbocycles. The van der Waals surface area contributed by atoms with E-state index in [-0.39, 0.29) is 19.5 Å². The van der Waals surface area contributed by atoms with E-state index in [2.05, 4.69) is 6.79 Å². The molecule has 0 saturated carbocycles. The Morgan fingerprint density at radius 3 is 1.12 bits per heavy atom. The molecule has 0 aromatic carbocycles. The SMILES string of the molecule is O=S(=O)([O-])[O-].[CH-]=O.[Zn+2]. The van der Waals surface area contributed by atoms with Crippen molar-refractivity contribution in [2.45, 2.75) is 0 Å². The molecule has 0 aromatic rings. The van der Waals surface area contributed by atoms with Crippen LogP contribution < -0.4 is 0 Å². The van der Waals surface area contributed by atoms with Crippen LogP contribution in [-0.2, 0) is 34.7 Å². The van der Waals surface area contributed by atoms with Crippen LogP contribution in [0.5, 0.6) is 0 Å². The zero-order chi connectivity index (χ0) is 6.50. The third kappa shape index (κ3) is 6160. The minimum absolute atomic E-state index is 0. The molecule has 0 heterocycles. The fourth-order valence-electron chi connectivity index (χ4n) is 0. The minimum atomic E-state index is -5.17. The van der Waals surface area contributed by atoms with Gasteiger partial charge in [0.1, 0.15) is 0 Å². The standard InChI is InChI=1S/CHO.H2O4S.Zn/c1-2;1-5(2,3)4;/h1H;(H2,1,2,3,4);/q-1;;+2/p-2. The molecular formula is CHO5SZn-. The molecule has 0 aromatic heterocycles. The van der Waals surface area contributed by atoms with Crippen LogP contribution in [0, 0.1) is 0 Å². The van der Waals surface area contributed by atoms with Crippen LogP contribution in [0.1, 0.15) is 0 Å². The molecular weight excluding hydrogens is 189 g/mol. The van der Waals surface area contributed by atoms with Crippen LogP contribution in [0.15, 0.2) is 0 Å². The van der Waals surface area contributed by atoms with E-state index >= 15 is 0 Å². The van der Waals surface area contributed by atoms with E-state index in [1.54, 1.807) is 0 Å². The molecule has 0 spiro atoms. The first-order valence-electron chi connectivity index (χ1n) is 0.902. The maximum Gasteiger partial charge on any atom is 2.00 e. The number of hydrogen-bond donors (Lipinski definition) is 0. The van der Waals surface area contributed by atoms with Crippen molar-refractivity contribution in [1.82, 2.24) is 0 Å². The zero-order valence-corrected chi connectivity index (χ0v) is 7.52. The number of carbonyl (C=O) groups excluding carboxylic acids is 1. The first-order valence-corrected chi connectivity index (χ1v) is 2.24. The predicted octanol–water partition coefficient (Wildman–Crippen LogP) is -1.61. The summed E-state index contributed by atoms with van der Waals surface area (Å²) < 4.78 is 34.1. The number of hydrogen-bond acceptors (Lipinski definition) is 5. The monoisotopic (exact) mass is 189 g/mol. The second-order valence-corrected chi connectivity index (χ2v) is 1.22. The van der Waals surface area contributed by atoms with Crippen molar-refractivity contribution < 1.29 is 41.8 Å². The van der Waals surface area contributed by atoms with E-state index in [9.17, 15) is 0 Å². The van der Waals surface area contributed by atoms with Gasteiger partial charge in [0.25, 0.3) is 0 Å². The fraction of sp³-hybridized carbons (Fsp3) is 0. The van der Waals surface area contributed by atoms with Gasteiger partial charge in [-0.25, -0.2) is 0 Å². The molecule has 5 nitrogen and oxygen atoms in total. The van der Waals surface area contributed by atoms with Crippen LogP contribution in [0.25, 0.3) is 0 Å². The molecule has 8 heavy (non-hydrogen) atoms. The molecule has 44 valence electrons. The Kier molecular flexibility index (Phi) is 14.1. The van der Waals surface area contributed by atoms with Crippen molar-refractivity contribution in [2.24, 2.45) is 0 Å². The van der Waals surface area contributed by atoms with E-state index < -0.39 is 10.4 Å². The smallest absolute Gasteiger partial charge is 0.759 e. The van der Waals surface area contributed by atoms with Gasteiger partial charge in [0, 0.05) is 10.4 Å². The third-order valence-corrected chi connectivity index (χ3v) is 0. The Morgan fingerprint density at radius 1 is 1.12 bits per heavy atom. The maximum atomic E-state index is 8.52. The largest absolute Gasteiger partial charge is 2.00 e. The normalized spacial score (nSPS) is 7.75. The van der Waals surface area contributed by atoms with Gasteiger partial charge >= 0.3 is 19.5 Å². The van der Waals surface area contributed by atoms with Gasteiger partial charge in [-0.05, 0) is 0 Å². The maximum absolute atomic E-state index is 8.52. The average molecular weight is 190 g/mol. The van der Waals surface area contributed by atoms with Crippen molar-refractivity contribution in [3.8, 4) is 0 Å². The van der Waals surface area contributed by atoms with Gasteiger partial charge in [-0.2, -0.15) is 0 Å². The van der Waals surface area contributed by atoms with Crippen molar-refractivity contribution in [3.63, 3.8) is 0 Å². The van der Waals surface area contributed by atoms with Crippen LogP contribution in [0.3, 0.4) is 0 Å². The molecule has 0 saturated heterocycles. The summed E-state index contributed by atoms with van der Waals surface area (Å²) >= 11 is 0. The van der Waals surface area contributed by atoms with Crippen LogP contribution in [0.2, 0.25) is 0 Å². The van der Waals surface area contributed by atoms with Gasteiger partial charge in [0.05, 0.1) is 0 Å². The van der Waals surface area contributed by atoms with Crippen LogP contribution >= 0.6 is 0 Å². The molecule has 0 radical (unpaired) electrons. The average Bonchev–Trinajstić information content (AvgIpc) is 1.36. The molecule has 0 fully saturated rings. The van der Waals surface area contributed by atoms with Crippen LogP contribution in [-0.4, -0.2) is 24.3 Å². The van der Waals surface area contributed by atoms with Crippen molar-refractivity contribution >= 4 is 17.2 Å². The fourth-order valence-corrected chi connectivity index (χ4v) is 0. The molecule has 0 amide bonds. The molecule has 0 atom stereocenters. The Labute approximate surface area is 59.4 Å². The minimum Gasteiger partial charge on any atom is -0.759 e. The molecule has 0 bridgehead atoms. The molecule has 0 aliphatic rings. The molecule has 0 unspecified atom stereocenters. The van der Waals surface area contributed by atoms with Crippen LogP contribution in [0.4, 0.5) is 0 Å². The van der Waals surface area contributed by atoms with Gasteiger partial charge in [-0.15, -0.1) is 0 Å². The van der Waals surface area contributed by atoms with Gasteiger partial charge < -0.3 is 13.9 Å². The van der Waals surface area contributed by atoms with Crippen molar-refractivity contribution in [1.29, 1.82) is 0 Å². The van der Waals surface area contributed by atoms with E-state index in [0.29, 0.717) is 0 Å². The summed E-state index contributed by atoms with van der Waals surface area (Å²) in [6.45, 7) is 3.25. The topological polar surface area (TPSA) is 97.3 Å². The van der Waals surface area contributed by atoms with E-state index in [1.165, 1.54) is 0 Å². The summed E-state index contributed by atoms with van der Waals surface area (Å²) in [7, 11) is -5.17. The Bertz CT molecular complexity index is 106. The summed E-state index contributed by atoms with van der Waals surface area (Å²) in [5.41, 5.74) is 0. The van der Waals surface area contributed by atoms with Gasteiger partial charge in [-0.1, -0.05) is 0 Å². The Hall–Kier alpha value is 0.163. The summed E-state index contributed by atoms with van der Waals surface area (Å²) in [4.78, 5) is 7.75. The summed E-state index contributed by atoms with van der Waals surface area (Å²) in [5.74, 6) is 0. The van der Waals surface area contributed by atoms with Gasteiger partial charge in [0.15, 0.2) is 0 Å². The van der Waals surface area contributed by atoms with Crippen molar-refractivity contribution in [2.75, 3.05) is 0 Å². The van der Waals surface area contributed by atoms with E-state index in [0.717, 1.165) is 0 Å². The van der Waals surface area contributed by atoms with Gasteiger partial charge in [-0.3, -0.25) is 15.2 Å². The summed E-state index contributed by atoms with van der Waals surface area (Å²) in [5, 5.41) is 0. The van der Waals surface area contributed by atoms with E-state index in [1.807, 2.05) is 0 Å². The molecule has 7 heteroatoms. The summed E-state index contributed by atoms with van der Waals surface area (Å²) in [6.07, 6.45) is 0. The first kappa shape index (κ1) is 15.7. The quantitative estimate of drug-likeness (QED) is 0.150. The van der Waals surface area contributed by atoms with E-state index in [4.69, 9.17) is 22.3 Å². The molecule has 0 rings (SSSR count). The van der Waals surface area contributed by atoms with Crippen molar-refractivity contribution in [3.05, 3.63) is 0 Å². The predicted molar refractivity (Wildman–Crippen MR) is 17.2 cm³/mol. The first-order chi connectivity index (χ1) is 3.00. The van der Waals surface area contributed by atoms with Gasteiger partial charge in [0.2, 0.25) is 0 Å². The molecule has 0 N–H and O–H groups in total. The second-order valence-electron chi connectivity index (χ2n) is 0.408. The zero-order valence-electron chi connectivity index (χ0n) is 3.73.